The summed E-state index contributed by atoms with van der Waals surface area (Å²) >= 11 is 5.94. The summed E-state index contributed by atoms with van der Waals surface area (Å²) in [4.78, 5) is 36.7. The predicted octanol–water partition coefficient (Wildman–Crippen LogP) is 4.11. The van der Waals surface area contributed by atoms with Gasteiger partial charge in [0, 0.05) is 30.1 Å². The Kier molecular flexibility index (Phi) is 8.50. The zero-order valence-corrected chi connectivity index (χ0v) is 19.7. The Labute approximate surface area is 204 Å². The minimum atomic E-state index is -4.48. The molecule has 186 valence electrons. The molecule has 35 heavy (non-hydrogen) atoms. The van der Waals surface area contributed by atoms with Crippen LogP contribution in [0.25, 0.3) is 11.4 Å². The Morgan fingerprint density at radius 2 is 1.77 bits per heavy atom. The fourth-order valence-electron chi connectivity index (χ4n) is 3.59. The molecule has 1 aromatic heterocycles. The molecule has 0 radical (unpaired) electrons. The van der Waals surface area contributed by atoms with E-state index in [-0.39, 0.29) is 37.3 Å². The summed E-state index contributed by atoms with van der Waals surface area (Å²) in [7, 11) is 0. The minimum absolute atomic E-state index is 0.00930. The fraction of sp³-hybridized carbons (Fsp3) is 0.333. The van der Waals surface area contributed by atoms with E-state index in [0.29, 0.717) is 22.8 Å². The maximum atomic E-state index is 13.1. The average Bonchev–Trinajstić information content (AvgIpc) is 3.09. The van der Waals surface area contributed by atoms with E-state index < -0.39 is 29.9 Å². The number of alkyl halides is 3. The second-order valence-electron chi connectivity index (χ2n) is 7.98. The SMILES string of the molecule is CC(=O)CCCn1c(-c2ccc(Cl)cc2)nn(CC(=O)NCCc2ccccc2C(F)(F)F)c1=O. The molecule has 11 heteroatoms. The summed E-state index contributed by atoms with van der Waals surface area (Å²) in [6, 6.07) is 11.8. The molecule has 0 saturated carbocycles. The molecule has 7 nitrogen and oxygen atoms in total. The van der Waals surface area contributed by atoms with E-state index in [9.17, 15) is 27.6 Å². The molecule has 0 aliphatic rings. The lowest BCUT2D eigenvalue weighted by Crippen LogP contribution is -2.34. The molecular weight excluding hydrogens is 485 g/mol. The van der Waals surface area contributed by atoms with Crippen LogP contribution in [0.1, 0.15) is 30.9 Å². The number of carbonyl (C=O) groups excluding carboxylic acids is 2. The Balaban J connectivity index is 1.72. The summed E-state index contributed by atoms with van der Waals surface area (Å²) in [5.74, 6) is -0.250. The van der Waals surface area contributed by atoms with Gasteiger partial charge in [-0.05, 0) is 55.7 Å². The predicted molar refractivity (Wildman–Crippen MR) is 125 cm³/mol. The lowest BCUT2D eigenvalue weighted by atomic mass is 10.0. The highest BCUT2D eigenvalue weighted by atomic mass is 35.5. The molecule has 1 heterocycles. The van der Waals surface area contributed by atoms with Crippen LogP contribution >= 0.6 is 11.6 Å². The molecule has 1 N–H and O–H groups in total. The summed E-state index contributed by atoms with van der Waals surface area (Å²) in [6.45, 7) is 1.25. The van der Waals surface area contributed by atoms with Crippen molar-refractivity contribution in [3.05, 3.63) is 75.2 Å². The van der Waals surface area contributed by atoms with Crippen LogP contribution in [0.5, 0.6) is 0 Å². The van der Waals surface area contributed by atoms with Crippen LogP contribution in [-0.2, 0) is 35.3 Å². The molecule has 3 aromatic rings. The average molecular weight is 509 g/mol. The summed E-state index contributed by atoms with van der Waals surface area (Å²) < 4.78 is 41.8. The topological polar surface area (TPSA) is 86.0 Å². The first-order valence-corrected chi connectivity index (χ1v) is 11.3. The third-order valence-electron chi connectivity index (χ3n) is 5.27. The van der Waals surface area contributed by atoms with Gasteiger partial charge in [-0.2, -0.15) is 13.2 Å². The van der Waals surface area contributed by atoms with Crippen molar-refractivity contribution in [2.75, 3.05) is 6.54 Å². The van der Waals surface area contributed by atoms with Gasteiger partial charge in [-0.25, -0.2) is 9.48 Å². The number of carbonyl (C=O) groups is 2. The largest absolute Gasteiger partial charge is 0.416 e. The molecule has 2 aromatic carbocycles. The molecule has 0 spiro atoms. The van der Waals surface area contributed by atoms with Gasteiger partial charge >= 0.3 is 11.9 Å². The number of rotatable bonds is 10. The van der Waals surface area contributed by atoms with Crippen LogP contribution in [0.15, 0.2) is 53.3 Å². The number of nitrogens with one attached hydrogen (secondary N) is 1. The summed E-state index contributed by atoms with van der Waals surface area (Å²) in [5, 5.41) is 7.34. The van der Waals surface area contributed by atoms with Gasteiger partial charge in [-0.1, -0.05) is 29.8 Å². The van der Waals surface area contributed by atoms with Crippen molar-refractivity contribution >= 4 is 23.3 Å². The number of benzene rings is 2. The van der Waals surface area contributed by atoms with E-state index in [2.05, 4.69) is 10.4 Å². The van der Waals surface area contributed by atoms with Crippen LogP contribution in [0.3, 0.4) is 0 Å². The monoisotopic (exact) mass is 508 g/mol. The van der Waals surface area contributed by atoms with Gasteiger partial charge < -0.3 is 10.1 Å². The van der Waals surface area contributed by atoms with Crippen molar-refractivity contribution < 1.29 is 22.8 Å². The Morgan fingerprint density at radius 1 is 1.09 bits per heavy atom. The normalized spacial score (nSPS) is 11.5. The summed E-state index contributed by atoms with van der Waals surface area (Å²) in [5.41, 5.74) is -0.604. The molecular formula is C24H24ClF3N4O3. The van der Waals surface area contributed by atoms with Crippen LogP contribution in [0.4, 0.5) is 13.2 Å². The molecule has 0 bridgehead atoms. The van der Waals surface area contributed by atoms with E-state index in [1.807, 2.05) is 0 Å². The van der Waals surface area contributed by atoms with Crippen molar-refractivity contribution in [2.24, 2.45) is 0 Å². The second kappa shape index (κ2) is 11.4. The number of aromatic nitrogens is 3. The maximum absolute atomic E-state index is 13.1. The van der Waals surface area contributed by atoms with Crippen molar-refractivity contribution in [3.63, 3.8) is 0 Å². The molecule has 0 saturated heterocycles. The van der Waals surface area contributed by atoms with Gasteiger partial charge in [0.25, 0.3) is 0 Å². The van der Waals surface area contributed by atoms with Crippen LogP contribution < -0.4 is 11.0 Å². The molecule has 0 atom stereocenters. The number of hydrogen-bond donors (Lipinski definition) is 1. The van der Waals surface area contributed by atoms with Crippen LogP contribution in [0, 0.1) is 0 Å². The van der Waals surface area contributed by atoms with Gasteiger partial charge in [-0.15, -0.1) is 5.10 Å². The molecule has 0 aliphatic heterocycles. The first-order valence-electron chi connectivity index (χ1n) is 10.9. The zero-order chi connectivity index (χ0) is 25.6. The second-order valence-corrected chi connectivity index (χ2v) is 8.42. The minimum Gasteiger partial charge on any atom is -0.354 e. The molecule has 1 amide bonds. The lowest BCUT2D eigenvalue weighted by molar-refractivity contribution is -0.138. The van der Waals surface area contributed by atoms with E-state index >= 15 is 0 Å². The van der Waals surface area contributed by atoms with Crippen molar-refractivity contribution in [1.29, 1.82) is 0 Å². The maximum Gasteiger partial charge on any atom is 0.416 e. The lowest BCUT2D eigenvalue weighted by Gasteiger charge is -2.12. The Hall–Kier alpha value is -3.40. The highest BCUT2D eigenvalue weighted by Crippen LogP contribution is 2.31. The number of ketones is 1. The number of amides is 1. The Bertz CT molecular complexity index is 1250. The van der Waals surface area contributed by atoms with E-state index in [4.69, 9.17) is 11.6 Å². The molecule has 0 aliphatic carbocycles. The van der Waals surface area contributed by atoms with Crippen LogP contribution in [-0.4, -0.2) is 32.6 Å². The molecule has 0 unspecified atom stereocenters. The van der Waals surface area contributed by atoms with Gasteiger partial charge in [0.15, 0.2) is 5.82 Å². The number of nitrogens with zero attached hydrogens (tertiary/aromatic N) is 3. The van der Waals surface area contributed by atoms with E-state index in [1.165, 1.54) is 29.7 Å². The first-order chi connectivity index (χ1) is 16.6. The first kappa shape index (κ1) is 26.2. The van der Waals surface area contributed by atoms with Gasteiger partial charge in [0.05, 0.1) is 5.56 Å². The highest BCUT2D eigenvalue weighted by molar-refractivity contribution is 6.30. The van der Waals surface area contributed by atoms with E-state index in [1.54, 1.807) is 24.3 Å². The van der Waals surface area contributed by atoms with Crippen molar-refractivity contribution in [1.82, 2.24) is 19.7 Å². The molecule has 3 rings (SSSR count). The van der Waals surface area contributed by atoms with Gasteiger partial charge in [0.1, 0.15) is 12.3 Å². The zero-order valence-electron chi connectivity index (χ0n) is 18.9. The molecule has 0 fully saturated rings. The highest BCUT2D eigenvalue weighted by Gasteiger charge is 2.32. The van der Waals surface area contributed by atoms with Crippen molar-refractivity contribution in [2.45, 2.75) is 45.5 Å². The fourth-order valence-corrected chi connectivity index (χ4v) is 3.71. The Morgan fingerprint density at radius 3 is 2.43 bits per heavy atom. The standard InChI is InChI=1S/C24H24ClF3N4O3/c1-16(33)5-4-14-31-22(18-8-10-19(25)11-9-18)30-32(23(31)35)15-21(34)29-13-12-17-6-2-3-7-20(17)24(26,27)28/h2-3,6-11H,4-5,12-15H2,1H3,(H,29,34). The quantitative estimate of drug-likeness (QED) is 0.446. The van der Waals surface area contributed by atoms with Gasteiger partial charge in [0.2, 0.25) is 5.91 Å². The third-order valence-corrected chi connectivity index (χ3v) is 5.52. The summed E-state index contributed by atoms with van der Waals surface area (Å²) in [6.07, 6.45) is -3.79. The number of Topliss-reactive ketones (excluding diaryl/α,β-unsaturated/α-hetero) is 1. The number of hydrogen-bond acceptors (Lipinski definition) is 4. The smallest absolute Gasteiger partial charge is 0.354 e. The number of halogens is 4. The van der Waals surface area contributed by atoms with E-state index in [0.717, 1.165) is 10.7 Å². The van der Waals surface area contributed by atoms with Crippen molar-refractivity contribution in [3.8, 4) is 11.4 Å². The van der Waals surface area contributed by atoms with Gasteiger partial charge in [-0.3, -0.25) is 9.36 Å². The van der Waals surface area contributed by atoms with Crippen LogP contribution in [0.2, 0.25) is 5.02 Å². The third kappa shape index (κ3) is 7.05.